The molecule has 8 aromatic carbocycles. The monoisotopic (exact) mass is 663 g/mol. The van der Waals surface area contributed by atoms with Crippen molar-refractivity contribution < 1.29 is 0 Å². The number of hydrogen-bond acceptors (Lipinski definition) is 1. The number of allylic oxidation sites excluding steroid dienone is 4. The van der Waals surface area contributed by atoms with Crippen LogP contribution in [0.3, 0.4) is 0 Å². The second-order valence-corrected chi connectivity index (χ2v) is 13.9. The van der Waals surface area contributed by atoms with E-state index in [0.29, 0.717) is 0 Å². The van der Waals surface area contributed by atoms with Crippen LogP contribution in [0.25, 0.3) is 43.8 Å². The molecule has 0 heterocycles. The van der Waals surface area contributed by atoms with Gasteiger partial charge in [0.25, 0.3) is 0 Å². The Morgan fingerprint density at radius 2 is 1.06 bits per heavy atom. The average molecular weight is 664 g/mol. The normalized spacial score (nSPS) is 16.0. The van der Waals surface area contributed by atoms with Gasteiger partial charge in [-0.05, 0) is 75.0 Å². The molecule has 8 aromatic rings. The molecule has 1 heteroatoms. The fourth-order valence-electron chi connectivity index (χ4n) is 9.09. The van der Waals surface area contributed by atoms with Crippen molar-refractivity contribution >= 4 is 38.6 Å². The summed E-state index contributed by atoms with van der Waals surface area (Å²) in [5, 5.41) is 4.91. The van der Waals surface area contributed by atoms with Gasteiger partial charge in [-0.1, -0.05) is 188 Å². The van der Waals surface area contributed by atoms with Crippen LogP contribution in [0.15, 0.2) is 206 Å². The first kappa shape index (κ1) is 30.4. The lowest BCUT2D eigenvalue weighted by atomic mass is 9.65. The highest BCUT2D eigenvalue weighted by atomic mass is 15.1. The highest BCUT2D eigenvalue weighted by Gasteiger charge is 2.48. The minimum atomic E-state index is -0.413. The lowest BCUT2D eigenvalue weighted by Gasteiger charge is -2.37. The summed E-state index contributed by atoms with van der Waals surface area (Å²) < 4.78 is 0. The molecule has 1 atom stereocenters. The lowest BCUT2D eigenvalue weighted by molar-refractivity contribution is 0.693. The van der Waals surface area contributed by atoms with Crippen molar-refractivity contribution in [3.8, 4) is 22.3 Å². The van der Waals surface area contributed by atoms with Crippen molar-refractivity contribution in [1.82, 2.24) is 0 Å². The van der Waals surface area contributed by atoms with Gasteiger partial charge in [0.15, 0.2) is 0 Å². The summed E-state index contributed by atoms with van der Waals surface area (Å²) in [6, 6.07) is 67.3. The van der Waals surface area contributed by atoms with Gasteiger partial charge in [-0.25, -0.2) is 0 Å². The van der Waals surface area contributed by atoms with Crippen LogP contribution in [-0.4, -0.2) is 0 Å². The first-order valence-electron chi connectivity index (χ1n) is 18.3. The van der Waals surface area contributed by atoms with Crippen molar-refractivity contribution in [2.24, 2.45) is 0 Å². The SMILES string of the molecule is C1=CCCC(C2(c3ccccc3)c3ccccc3-c3c(N(c4ccc5ccccc5c4-c4ccccc4)c4cccc5ccccc45)cccc32)=C1. The molecule has 52 heavy (non-hydrogen) atoms. The second kappa shape index (κ2) is 12.4. The molecule has 0 bridgehead atoms. The maximum Gasteiger partial charge on any atom is 0.0677 e. The van der Waals surface area contributed by atoms with Crippen molar-refractivity contribution in [3.05, 3.63) is 222 Å². The third kappa shape index (κ3) is 4.56. The number of hydrogen-bond donors (Lipinski definition) is 0. The Morgan fingerprint density at radius 3 is 1.87 bits per heavy atom. The molecule has 0 radical (unpaired) electrons. The van der Waals surface area contributed by atoms with Crippen LogP contribution in [-0.2, 0) is 5.41 Å². The molecule has 1 unspecified atom stereocenters. The molecule has 2 aliphatic carbocycles. The van der Waals surface area contributed by atoms with Crippen LogP contribution < -0.4 is 4.90 Å². The largest absolute Gasteiger partial charge is 0.309 e. The summed E-state index contributed by atoms with van der Waals surface area (Å²) in [6.45, 7) is 0. The molecule has 2 aliphatic rings. The Bertz CT molecular complexity index is 2680. The molecule has 0 aromatic heterocycles. The molecule has 1 nitrogen and oxygen atoms in total. The number of benzene rings is 8. The van der Waals surface area contributed by atoms with Crippen molar-refractivity contribution in [3.63, 3.8) is 0 Å². The lowest BCUT2D eigenvalue weighted by Crippen LogP contribution is -2.30. The van der Waals surface area contributed by atoms with E-state index < -0.39 is 5.41 Å². The van der Waals surface area contributed by atoms with E-state index in [2.05, 4.69) is 205 Å². The molecule has 10 rings (SSSR count). The third-order valence-corrected chi connectivity index (χ3v) is 11.2. The second-order valence-electron chi connectivity index (χ2n) is 13.9. The van der Waals surface area contributed by atoms with E-state index in [1.54, 1.807) is 0 Å². The van der Waals surface area contributed by atoms with Gasteiger partial charge >= 0.3 is 0 Å². The van der Waals surface area contributed by atoms with Crippen LogP contribution in [0, 0.1) is 0 Å². The number of anilines is 3. The van der Waals surface area contributed by atoms with Gasteiger partial charge in [0.1, 0.15) is 0 Å². The molecular formula is C51H37N. The van der Waals surface area contributed by atoms with E-state index in [0.717, 1.165) is 24.2 Å². The highest BCUT2D eigenvalue weighted by molar-refractivity contribution is 6.10. The Hall–Kier alpha value is -6.44. The Labute approximate surface area is 305 Å². The Kier molecular flexibility index (Phi) is 7.25. The zero-order chi connectivity index (χ0) is 34.5. The van der Waals surface area contributed by atoms with Gasteiger partial charge in [-0.15, -0.1) is 0 Å². The average Bonchev–Trinajstić information content (AvgIpc) is 3.53. The van der Waals surface area contributed by atoms with Crippen LogP contribution >= 0.6 is 0 Å². The maximum atomic E-state index is 2.56. The van der Waals surface area contributed by atoms with Crippen LogP contribution in [0.4, 0.5) is 17.1 Å². The fraction of sp³-hybridized carbons (Fsp3) is 0.0588. The summed E-state index contributed by atoms with van der Waals surface area (Å²) >= 11 is 0. The number of nitrogens with zero attached hydrogens (tertiary/aromatic N) is 1. The summed E-state index contributed by atoms with van der Waals surface area (Å²) in [5.74, 6) is 0. The predicted octanol–water partition coefficient (Wildman–Crippen LogP) is 13.7. The number of rotatable bonds is 6. The van der Waals surface area contributed by atoms with Crippen molar-refractivity contribution in [2.45, 2.75) is 18.3 Å². The standard InChI is InChI=1S/C51H37N/c1-4-20-38(21-5-1)49-42-28-13-11-19-37(42)34-35-48(49)52(46-32-16-22-36-18-10-12-27-41(36)46)47-33-17-31-45-50(47)43-29-14-15-30-44(43)51(45,39-23-6-2-7-24-39)40-25-8-3-9-26-40/h1-8,10-25,27-35H,9,26H2. The third-order valence-electron chi connectivity index (χ3n) is 11.2. The van der Waals surface area contributed by atoms with E-state index in [9.17, 15) is 0 Å². The van der Waals surface area contributed by atoms with Gasteiger partial charge in [0, 0.05) is 16.5 Å². The molecule has 0 aliphatic heterocycles. The quantitative estimate of drug-likeness (QED) is 0.171. The first-order valence-corrected chi connectivity index (χ1v) is 18.3. The summed E-state index contributed by atoms with van der Waals surface area (Å²) in [7, 11) is 0. The van der Waals surface area contributed by atoms with Crippen LogP contribution in [0.5, 0.6) is 0 Å². The molecule has 0 fully saturated rings. The zero-order valence-electron chi connectivity index (χ0n) is 28.9. The molecule has 0 amide bonds. The van der Waals surface area contributed by atoms with E-state index in [4.69, 9.17) is 0 Å². The minimum absolute atomic E-state index is 0.413. The van der Waals surface area contributed by atoms with Gasteiger partial charge in [-0.3, -0.25) is 0 Å². The minimum Gasteiger partial charge on any atom is -0.309 e. The smallest absolute Gasteiger partial charge is 0.0677 e. The van der Waals surface area contributed by atoms with E-state index in [1.807, 2.05) is 0 Å². The predicted molar refractivity (Wildman–Crippen MR) is 220 cm³/mol. The topological polar surface area (TPSA) is 3.24 Å². The molecule has 246 valence electrons. The van der Waals surface area contributed by atoms with Gasteiger partial charge in [0.05, 0.1) is 22.5 Å². The molecule has 0 saturated heterocycles. The summed E-state index contributed by atoms with van der Waals surface area (Å²) in [4.78, 5) is 2.56. The van der Waals surface area contributed by atoms with E-state index in [1.165, 1.54) is 71.7 Å². The van der Waals surface area contributed by atoms with E-state index in [-0.39, 0.29) is 0 Å². The van der Waals surface area contributed by atoms with Crippen molar-refractivity contribution in [2.75, 3.05) is 4.90 Å². The van der Waals surface area contributed by atoms with Gasteiger partial charge < -0.3 is 4.90 Å². The van der Waals surface area contributed by atoms with Crippen LogP contribution in [0.2, 0.25) is 0 Å². The summed E-state index contributed by atoms with van der Waals surface area (Å²) in [5.41, 5.74) is 13.5. The molecule has 0 saturated carbocycles. The Balaban J connectivity index is 1.36. The molecular weight excluding hydrogens is 627 g/mol. The highest BCUT2D eigenvalue weighted by Crippen LogP contribution is 2.61. The Morgan fingerprint density at radius 1 is 0.442 bits per heavy atom. The van der Waals surface area contributed by atoms with Crippen LogP contribution in [0.1, 0.15) is 29.5 Å². The number of fused-ring (bicyclic) bond motifs is 5. The van der Waals surface area contributed by atoms with Gasteiger partial charge in [-0.2, -0.15) is 0 Å². The molecule has 0 spiro atoms. The molecule has 0 N–H and O–H groups in total. The summed E-state index contributed by atoms with van der Waals surface area (Å²) in [6.07, 6.45) is 9.00. The maximum absolute atomic E-state index is 2.56. The fourth-order valence-corrected chi connectivity index (χ4v) is 9.09. The van der Waals surface area contributed by atoms with Crippen molar-refractivity contribution in [1.29, 1.82) is 0 Å². The van der Waals surface area contributed by atoms with Gasteiger partial charge in [0.2, 0.25) is 0 Å². The first-order chi connectivity index (χ1) is 25.8. The zero-order valence-corrected chi connectivity index (χ0v) is 28.9. The van der Waals surface area contributed by atoms with E-state index >= 15 is 0 Å².